The SMILES string of the molecule is CC(O)C(O)CN1CCC=C(c2ccccc2)C1. The minimum atomic E-state index is -0.670. The number of aliphatic hydroxyl groups is 2. The van der Waals surface area contributed by atoms with E-state index in [1.807, 2.05) is 18.2 Å². The van der Waals surface area contributed by atoms with Crippen molar-refractivity contribution in [1.82, 2.24) is 4.90 Å². The fraction of sp³-hybridized carbons (Fsp3) is 0.467. The summed E-state index contributed by atoms with van der Waals surface area (Å²) in [4.78, 5) is 2.19. The number of rotatable bonds is 4. The third-order valence-corrected chi connectivity index (χ3v) is 3.38. The van der Waals surface area contributed by atoms with Crippen LogP contribution in [-0.2, 0) is 0 Å². The van der Waals surface area contributed by atoms with Crippen molar-refractivity contribution in [2.45, 2.75) is 25.6 Å². The first-order valence-electron chi connectivity index (χ1n) is 6.50. The van der Waals surface area contributed by atoms with Gasteiger partial charge in [0.15, 0.2) is 0 Å². The molecule has 1 aliphatic heterocycles. The zero-order valence-corrected chi connectivity index (χ0v) is 10.8. The Kier molecular flexibility index (Phi) is 4.53. The van der Waals surface area contributed by atoms with Gasteiger partial charge in [-0.2, -0.15) is 0 Å². The molecule has 0 amide bonds. The van der Waals surface area contributed by atoms with Crippen molar-refractivity contribution in [2.75, 3.05) is 19.6 Å². The predicted molar refractivity (Wildman–Crippen MR) is 73.2 cm³/mol. The summed E-state index contributed by atoms with van der Waals surface area (Å²) in [5, 5.41) is 19.1. The van der Waals surface area contributed by atoms with Crippen molar-refractivity contribution in [2.24, 2.45) is 0 Å². The molecule has 0 fully saturated rings. The Hall–Kier alpha value is -1.16. The van der Waals surface area contributed by atoms with Crippen molar-refractivity contribution in [1.29, 1.82) is 0 Å². The van der Waals surface area contributed by atoms with Crippen LogP contribution in [0.5, 0.6) is 0 Å². The van der Waals surface area contributed by atoms with Gasteiger partial charge in [0.25, 0.3) is 0 Å². The lowest BCUT2D eigenvalue weighted by atomic mass is 10.0. The van der Waals surface area contributed by atoms with E-state index in [1.54, 1.807) is 6.92 Å². The number of benzene rings is 1. The summed E-state index contributed by atoms with van der Waals surface area (Å²) in [6.07, 6.45) is 1.92. The summed E-state index contributed by atoms with van der Waals surface area (Å²) in [5.74, 6) is 0. The van der Waals surface area contributed by atoms with E-state index in [4.69, 9.17) is 0 Å². The van der Waals surface area contributed by atoms with Crippen LogP contribution in [-0.4, -0.2) is 47.0 Å². The fourth-order valence-corrected chi connectivity index (χ4v) is 2.24. The topological polar surface area (TPSA) is 43.7 Å². The molecule has 0 radical (unpaired) electrons. The summed E-state index contributed by atoms with van der Waals surface area (Å²) in [6.45, 7) is 3.94. The second-order valence-corrected chi connectivity index (χ2v) is 4.93. The molecule has 0 saturated heterocycles. The van der Waals surface area contributed by atoms with Gasteiger partial charge in [0.2, 0.25) is 0 Å². The lowest BCUT2D eigenvalue weighted by Gasteiger charge is -2.30. The monoisotopic (exact) mass is 247 g/mol. The first-order chi connectivity index (χ1) is 8.66. The first-order valence-corrected chi connectivity index (χ1v) is 6.50. The third kappa shape index (κ3) is 3.42. The van der Waals surface area contributed by atoms with Gasteiger partial charge in [-0.05, 0) is 24.5 Å². The van der Waals surface area contributed by atoms with Gasteiger partial charge in [-0.25, -0.2) is 0 Å². The standard InChI is InChI=1S/C15H21NO2/c1-12(17)15(18)11-16-9-5-8-14(10-16)13-6-3-2-4-7-13/h2-4,6-8,12,15,17-18H,5,9-11H2,1H3. The van der Waals surface area contributed by atoms with Crippen LogP contribution in [0.4, 0.5) is 0 Å². The molecule has 1 aliphatic rings. The van der Waals surface area contributed by atoms with Crippen LogP contribution in [0.3, 0.4) is 0 Å². The molecular weight excluding hydrogens is 226 g/mol. The smallest absolute Gasteiger partial charge is 0.0922 e. The Morgan fingerprint density at radius 1 is 1.22 bits per heavy atom. The van der Waals surface area contributed by atoms with Crippen LogP contribution in [0.25, 0.3) is 5.57 Å². The van der Waals surface area contributed by atoms with Crippen LogP contribution in [0.1, 0.15) is 18.9 Å². The highest BCUT2D eigenvalue weighted by Crippen LogP contribution is 2.20. The van der Waals surface area contributed by atoms with E-state index in [0.717, 1.165) is 19.5 Å². The zero-order chi connectivity index (χ0) is 13.0. The molecule has 0 aliphatic carbocycles. The van der Waals surface area contributed by atoms with Crippen LogP contribution >= 0.6 is 0 Å². The second kappa shape index (κ2) is 6.14. The van der Waals surface area contributed by atoms with Gasteiger partial charge in [-0.3, -0.25) is 4.90 Å². The van der Waals surface area contributed by atoms with Gasteiger partial charge in [0, 0.05) is 19.6 Å². The van der Waals surface area contributed by atoms with E-state index in [1.165, 1.54) is 11.1 Å². The molecule has 3 heteroatoms. The summed E-state index contributed by atoms with van der Waals surface area (Å²) in [6, 6.07) is 10.3. The summed E-state index contributed by atoms with van der Waals surface area (Å²) >= 11 is 0. The minimum Gasteiger partial charge on any atom is -0.391 e. The molecule has 3 nitrogen and oxygen atoms in total. The Bertz CT molecular complexity index is 400. The average molecular weight is 247 g/mol. The molecule has 0 saturated carbocycles. The summed E-state index contributed by atoms with van der Waals surface area (Å²) in [7, 11) is 0. The van der Waals surface area contributed by atoms with E-state index in [9.17, 15) is 10.2 Å². The van der Waals surface area contributed by atoms with Crippen molar-refractivity contribution in [3.8, 4) is 0 Å². The number of hydrogen-bond donors (Lipinski definition) is 2. The Balaban J connectivity index is 1.98. The maximum absolute atomic E-state index is 9.72. The first kappa shape index (κ1) is 13.3. The maximum atomic E-state index is 9.72. The quantitative estimate of drug-likeness (QED) is 0.848. The third-order valence-electron chi connectivity index (χ3n) is 3.38. The Morgan fingerprint density at radius 2 is 1.94 bits per heavy atom. The number of aliphatic hydroxyl groups excluding tert-OH is 2. The molecular formula is C15H21NO2. The minimum absolute atomic E-state index is 0.530. The van der Waals surface area contributed by atoms with Gasteiger partial charge < -0.3 is 10.2 Å². The van der Waals surface area contributed by atoms with Crippen molar-refractivity contribution in [3.63, 3.8) is 0 Å². The number of β-amino-alcohol motifs (C(OH)–C–C–N with tert-alkyl or cyclic N) is 1. The van der Waals surface area contributed by atoms with Crippen LogP contribution < -0.4 is 0 Å². The van der Waals surface area contributed by atoms with Crippen LogP contribution in [0.15, 0.2) is 36.4 Å². The van der Waals surface area contributed by atoms with E-state index >= 15 is 0 Å². The highest BCUT2D eigenvalue weighted by atomic mass is 16.3. The Morgan fingerprint density at radius 3 is 2.61 bits per heavy atom. The molecule has 2 unspecified atom stereocenters. The Labute approximate surface area is 108 Å². The molecule has 98 valence electrons. The van der Waals surface area contributed by atoms with E-state index in [-0.39, 0.29) is 0 Å². The van der Waals surface area contributed by atoms with E-state index in [0.29, 0.717) is 6.54 Å². The van der Waals surface area contributed by atoms with Gasteiger partial charge >= 0.3 is 0 Å². The number of nitrogens with zero attached hydrogens (tertiary/aromatic N) is 1. The average Bonchev–Trinajstić information content (AvgIpc) is 2.40. The second-order valence-electron chi connectivity index (χ2n) is 4.93. The summed E-state index contributed by atoms with van der Waals surface area (Å²) < 4.78 is 0. The van der Waals surface area contributed by atoms with Crippen LogP contribution in [0, 0.1) is 0 Å². The lowest BCUT2D eigenvalue weighted by Crippen LogP contribution is -2.40. The molecule has 1 aromatic rings. The normalized spacial score (nSPS) is 20.3. The summed E-state index contributed by atoms with van der Waals surface area (Å²) in [5.41, 5.74) is 2.55. The molecule has 0 bridgehead atoms. The highest BCUT2D eigenvalue weighted by Gasteiger charge is 2.19. The zero-order valence-electron chi connectivity index (χ0n) is 10.8. The van der Waals surface area contributed by atoms with Crippen molar-refractivity contribution in [3.05, 3.63) is 42.0 Å². The molecule has 2 N–H and O–H groups in total. The number of hydrogen-bond acceptors (Lipinski definition) is 3. The highest BCUT2D eigenvalue weighted by molar-refractivity contribution is 5.67. The van der Waals surface area contributed by atoms with Gasteiger partial charge in [-0.15, -0.1) is 0 Å². The fourth-order valence-electron chi connectivity index (χ4n) is 2.24. The van der Waals surface area contributed by atoms with E-state index in [2.05, 4.69) is 23.1 Å². The predicted octanol–water partition coefficient (Wildman–Crippen LogP) is 1.52. The van der Waals surface area contributed by atoms with Gasteiger partial charge in [0.1, 0.15) is 0 Å². The van der Waals surface area contributed by atoms with Crippen molar-refractivity contribution < 1.29 is 10.2 Å². The maximum Gasteiger partial charge on any atom is 0.0922 e. The van der Waals surface area contributed by atoms with E-state index < -0.39 is 12.2 Å². The van der Waals surface area contributed by atoms with Gasteiger partial charge in [0.05, 0.1) is 12.2 Å². The molecule has 1 aromatic carbocycles. The molecule has 2 atom stereocenters. The van der Waals surface area contributed by atoms with Crippen LogP contribution in [0.2, 0.25) is 0 Å². The molecule has 2 rings (SSSR count). The van der Waals surface area contributed by atoms with Gasteiger partial charge in [-0.1, -0.05) is 36.4 Å². The molecule has 1 heterocycles. The van der Waals surface area contributed by atoms with Crippen molar-refractivity contribution >= 4 is 5.57 Å². The lowest BCUT2D eigenvalue weighted by molar-refractivity contribution is 0.00986. The largest absolute Gasteiger partial charge is 0.391 e. The molecule has 0 spiro atoms. The molecule has 18 heavy (non-hydrogen) atoms. The molecule has 0 aromatic heterocycles.